The van der Waals surface area contributed by atoms with Gasteiger partial charge in [-0.2, -0.15) is 5.10 Å². The topological polar surface area (TPSA) is 34.9 Å². The Hall–Kier alpha value is -1.12. The SMILES string of the molecule is CC(=O)c1cc(CC(C)(C)C)nn1C. The van der Waals surface area contributed by atoms with Gasteiger partial charge >= 0.3 is 0 Å². The number of aryl methyl sites for hydroxylation is 1. The average molecular weight is 194 g/mol. The Morgan fingerprint density at radius 3 is 2.43 bits per heavy atom. The quantitative estimate of drug-likeness (QED) is 0.676. The van der Waals surface area contributed by atoms with Crippen LogP contribution in [0.2, 0.25) is 0 Å². The predicted octanol–water partition coefficient (Wildman–Crippen LogP) is 2.21. The van der Waals surface area contributed by atoms with Crippen LogP contribution in [-0.2, 0) is 13.5 Å². The van der Waals surface area contributed by atoms with E-state index in [1.54, 1.807) is 11.6 Å². The summed E-state index contributed by atoms with van der Waals surface area (Å²) in [7, 11) is 1.81. The molecule has 0 aromatic carbocycles. The summed E-state index contributed by atoms with van der Waals surface area (Å²) in [6.07, 6.45) is 0.897. The van der Waals surface area contributed by atoms with Gasteiger partial charge in [0.05, 0.1) is 5.69 Å². The van der Waals surface area contributed by atoms with Crippen LogP contribution in [0.5, 0.6) is 0 Å². The van der Waals surface area contributed by atoms with E-state index in [1.807, 2.05) is 13.1 Å². The molecule has 78 valence electrons. The lowest BCUT2D eigenvalue weighted by Crippen LogP contribution is -2.09. The van der Waals surface area contributed by atoms with E-state index in [-0.39, 0.29) is 11.2 Å². The first-order valence-electron chi connectivity index (χ1n) is 4.83. The summed E-state index contributed by atoms with van der Waals surface area (Å²) in [6, 6.07) is 1.88. The molecule has 3 heteroatoms. The summed E-state index contributed by atoms with van der Waals surface area (Å²) in [5.41, 5.74) is 1.89. The molecule has 0 aliphatic heterocycles. The predicted molar refractivity (Wildman–Crippen MR) is 56.4 cm³/mol. The van der Waals surface area contributed by atoms with Gasteiger partial charge in [-0.05, 0) is 17.9 Å². The summed E-state index contributed by atoms with van der Waals surface area (Å²) in [4.78, 5) is 11.2. The molecular weight excluding hydrogens is 176 g/mol. The fraction of sp³-hybridized carbons (Fsp3) is 0.636. The minimum Gasteiger partial charge on any atom is -0.293 e. The van der Waals surface area contributed by atoms with Gasteiger partial charge in [0.15, 0.2) is 5.78 Å². The number of Topliss-reactive ketones (excluding diaryl/α,β-unsaturated/α-hetero) is 1. The second-order valence-electron chi connectivity index (χ2n) is 4.94. The summed E-state index contributed by atoms with van der Waals surface area (Å²) in [5.74, 6) is 0.0696. The second-order valence-corrected chi connectivity index (χ2v) is 4.94. The molecule has 0 spiro atoms. The number of hydrogen-bond acceptors (Lipinski definition) is 2. The average Bonchev–Trinajstić information content (AvgIpc) is 2.26. The largest absolute Gasteiger partial charge is 0.293 e. The highest BCUT2D eigenvalue weighted by Crippen LogP contribution is 2.20. The van der Waals surface area contributed by atoms with E-state index in [9.17, 15) is 4.79 Å². The number of carbonyl (C=O) groups excluding carboxylic acids is 1. The third-order valence-corrected chi connectivity index (χ3v) is 2.00. The molecule has 0 aliphatic rings. The molecule has 1 aromatic rings. The Kier molecular flexibility index (Phi) is 2.79. The molecule has 0 N–H and O–H groups in total. The second kappa shape index (κ2) is 3.56. The van der Waals surface area contributed by atoms with E-state index < -0.39 is 0 Å². The molecular formula is C11H18N2O. The van der Waals surface area contributed by atoms with Gasteiger partial charge in [0.1, 0.15) is 5.69 Å². The molecule has 1 heterocycles. The van der Waals surface area contributed by atoms with E-state index in [1.165, 1.54) is 0 Å². The number of ketones is 1. The minimum atomic E-state index is 0.0696. The maximum absolute atomic E-state index is 11.2. The van der Waals surface area contributed by atoms with E-state index in [0.717, 1.165) is 12.1 Å². The van der Waals surface area contributed by atoms with Crippen LogP contribution < -0.4 is 0 Å². The fourth-order valence-electron chi connectivity index (χ4n) is 1.49. The smallest absolute Gasteiger partial charge is 0.177 e. The van der Waals surface area contributed by atoms with Gasteiger partial charge in [0.2, 0.25) is 0 Å². The first-order valence-corrected chi connectivity index (χ1v) is 4.83. The van der Waals surface area contributed by atoms with Crippen molar-refractivity contribution in [2.75, 3.05) is 0 Å². The highest BCUT2D eigenvalue weighted by molar-refractivity contribution is 5.92. The van der Waals surface area contributed by atoms with Crippen LogP contribution in [0.25, 0.3) is 0 Å². The van der Waals surface area contributed by atoms with Gasteiger partial charge in [-0.3, -0.25) is 9.48 Å². The Balaban J connectivity index is 2.92. The molecule has 3 nitrogen and oxygen atoms in total. The Bertz CT molecular complexity index is 345. The monoisotopic (exact) mass is 194 g/mol. The van der Waals surface area contributed by atoms with Crippen LogP contribution in [0.1, 0.15) is 43.9 Å². The van der Waals surface area contributed by atoms with Gasteiger partial charge < -0.3 is 0 Å². The zero-order chi connectivity index (χ0) is 10.9. The lowest BCUT2D eigenvalue weighted by atomic mass is 9.90. The van der Waals surface area contributed by atoms with E-state index >= 15 is 0 Å². The molecule has 0 amide bonds. The zero-order valence-electron chi connectivity index (χ0n) is 9.59. The Morgan fingerprint density at radius 2 is 2.07 bits per heavy atom. The summed E-state index contributed by atoms with van der Waals surface area (Å²) < 4.78 is 1.66. The summed E-state index contributed by atoms with van der Waals surface area (Å²) in [6.45, 7) is 8.05. The van der Waals surface area contributed by atoms with E-state index in [2.05, 4.69) is 25.9 Å². The van der Waals surface area contributed by atoms with Crippen LogP contribution in [0.15, 0.2) is 6.07 Å². The number of rotatable bonds is 2. The number of hydrogen-bond donors (Lipinski definition) is 0. The van der Waals surface area contributed by atoms with Crippen molar-refractivity contribution in [2.24, 2.45) is 12.5 Å². The van der Waals surface area contributed by atoms with Crippen molar-refractivity contribution in [3.63, 3.8) is 0 Å². The van der Waals surface area contributed by atoms with Crippen molar-refractivity contribution in [2.45, 2.75) is 34.1 Å². The summed E-state index contributed by atoms with van der Waals surface area (Å²) >= 11 is 0. The summed E-state index contributed by atoms with van der Waals surface area (Å²) in [5, 5.41) is 4.31. The number of nitrogens with zero attached hydrogens (tertiary/aromatic N) is 2. The fourth-order valence-corrected chi connectivity index (χ4v) is 1.49. The highest BCUT2D eigenvalue weighted by Gasteiger charge is 2.16. The molecule has 0 unspecified atom stereocenters. The van der Waals surface area contributed by atoms with Gasteiger partial charge in [0.25, 0.3) is 0 Å². The van der Waals surface area contributed by atoms with Crippen molar-refractivity contribution >= 4 is 5.78 Å². The number of aromatic nitrogens is 2. The number of carbonyl (C=O) groups is 1. The lowest BCUT2D eigenvalue weighted by molar-refractivity contribution is 0.100. The van der Waals surface area contributed by atoms with Crippen molar-refractivity contribution in [3.8, 4) is 0 Å². The molecule has 0 radical (unpaired) electrons. The first-order chi connectivity index (χ1) is 6.29. The molecule has 0 atom stereocenters. The molecule has 14 heavy (non-hydrogen) atoms. The van der Waals surface area contributed by atoms with E-state index in [4.69, 9.17) is 0 Å². The van der Waals surface area contributed by atoms with Crippen molar-refractivity contribution in [1.29, 1.82) is 0 Å². The van der Waals surface area contributed by atoms with Crippen LogP contribution >= 0.6 is 0 Å². The van der Waals surface area contributed by atoms with Crippen LogP contribution in [0.3, 0.4) is 0 Å². The molecule has 0 saturated carbocycles. The van der Waals surface area contributed by atoms with E-state index in [0.29, 0.717) is 5.69 Å². The van der Waals surface area contributed by atoms with Gasteiger partial charge in [-0.25, -0.2) is 0 Å². The molecule has 1 aromatic heterocycles. The Morgan fingerprint density at radius 1 is 1.50 bits per heavy atom. The zero-order valence-corrected chi connectivity index (χ0v) is 9.59. The van der Waals surface area contributed by atoms with Gasteiger partial charge in [-0.1, -0.05) is 20.8 Å². The lowest BCUT2D eigenvalue weighted by Gasteiger charge is -2.15. The molecule has 0 bridgehead atoms. The van der Waals surface area contributed by atoms with Crippen molar-refractivity contribution < 1.29 is 4.79 Å². The van der Waals surface area contributed by atoms with Gasteiger partial charge in [-0.15, -0.1) is 0 Å². The maximum atomic E-state index is 11.2. The van der Waals surface area contributed by atoms with Gasteiger partial charge in [0, 0.05) is 14.0 Å². The molecule has 0 aliphatic carbocycles. The standard InChI is InChI=1S/C11H18N2O/c1-8(14)10-6-9(12-13(10)5)7-11(2,3)4/h6H,7H2,1-5H3. The molecule has 0 fully saturated rings. The van der Waals surface area contributed by atoms with Crippen LogP contribution in [0, 0.1) is 5.41 Å². The minimum absolute atomic E-state index is 0.0696. The third-order valence-electron chi connectivity index (χ3n) is 2.00. The van der Waals surface area contributed by atoms with Crippen molar-refractivity contribution in [1.82, 2.24) is 9.78 Å². The maximum Gasteiger partial charge on any atom is 0.177 e. The molecule has 1 rings (SSSR count). The van der Waals surface area contributed by atoms with Crippen molar-refractivity contribution in [3.05, 3.63) is 17.5 Å². The van der Waals surface area contributed by atoms with Crippen LogP contribution in [0.4, 0.5) is 0 Å². The third kappa shape index (κ3) is 2.69. The first kappa shape index (κ1) is 11.0. The van der Waals surface area contributed by atoms with Crippen LogP contribution in [-0.4, -0.2) is 15.6 Å². The Labute approximate surface area is 85.1 Å². The highest BCUT2D eigenvalue weighted by atomic mass is 16.1. The molecule has 0 saturated heterocycles. The normalized spacial score (nSPS) is 11.8.